The zero-order chi connectivity index (χ0) is 38.4. The Morgan fingerprint density at radius 2 is 0.845 bits per heavy atom. The van der Waals surface area contributed by atoms with Gasteiger partial charge in [0, 0.05) is 33.2 Å². The van der Waals surface area contributed by atoms with Crippen LogP contribution < -0.4 is 4.90 Å². The van der Waals surface area contributed by atoms with Crippen LogP contribution >= 0.6 is 0 Å². The van der Waals surface area contributed by atoms with Crippen molar-refractivity contribution >= 4 is 60.4 Å². The summed E-state index contributed by atoms with van der Waals surface area (Å²) in [6.45, 7) is 0. The van der Waals surface area contributed by atoms with Gasteiger partial charge < -0.3 is 9.47 Å². The van der Waals surface area contributed by atoms with Crippen LogP contribution in [0.5, 0.6) is 0 Å². The van der Waals surface area contributed by atoms with Crippen molar-refractivity contribution in [3.63, 3.8) is 0 Å². The van der Waals surface area contributed by atoms with Gasteiger partial charge in [0.25, 0.3) is 0 Å². The topological polar surface area (TPSA) is 8.17 Å². The number of hydrogen-bond donors (Lipinski definition) is 0. The minimum Gasteiger partial charge on any atom is -0.310 e. The third-order valence-electron chi connectivity index (χ3n) is 11.5. The van der Waals surface area contributed by atoms with Gasteiger partial charge in [-0.2, -0.15) is 0 Å². The van der Waals surface area contributed by atoms with E-state index in [2.05, 4.69) is 240 Å². The van der Waals surface area contributed by atoms with Crippen LogP contribution in [0.3, 0.4) is 0 Å². The van der Waals surface area contributed by atoms with E-state index < -0.39 is 0 Å². The summed E-state index contributed by atoms with van der Waals surface area (Å²) < 4.78 is 2.41. The average molecular weight is 739 g/mol. The molecule has 0 aliphatic rings. The molecule has 0 unspecified atom stereocenters. The van der Waals surface area contributed by atoms with Gasteiger partial charge in [0.1, 0.15) is 0 Å². The van der Waals surface area contributed by atoms with Crippen molar-refractivity contribution in [2.75, 3.05) is 4.90 Å². The summed E-state index contributed by atoms with van der Waals surface area (Å²) in [5.41, 5.74) is 14.0. The quantitative estimate of drug-likeness (QED) is 0.148. The van der Waals surface area contributed by atoms with Crippen molar-refractivity contribution in [3.05, 3.63) is 231 Å². The molecule has 2 heteroatoms. The maximum Gasteiger partial charge on any atom is 0.0546 e. The largest absolute Gasteiger partial charge is 0.310 e. The van der Waals surface area contributed by atoms with Gasteiger partial charge >= 0.3 is 0 Å². The van der Waals surface area contributed by atoms with Crippen LogP contribution in [0.4, 0.5) is 17.1 Å². The highest BCUT2D eigenvalue weighted by Gasteiger charge is 2.19. The van der Waals surface area contributed by atoms with Gasteiger partial charge in [0.15, 0.2) is 0 Å². The Morgan fingerprint density at radius 3 is 1.66 bits per heavy atom. The predicted molar refractivity (Wildman–Crippen MR) is 247 cm³/mol. The number of fused-ring (bicyclic) bond motifs is 6. The Balaban J connectivity index is 1.06. The lowest BCUT2D eigenvalue weighted by Gasteiger charge is -2.28. The Morgan fingerprint density at radius 1 is 0.293 bits per heavy atom. The smallest absolute Gasteiger partial charge is 0.0546 e. The van der Waals surface area contributed by atoms with E-state index in [0.717, 1.165) is 33.9 Å². The lowest BCUT2D eigenvalue weighted by atomic mass is 9.98. The van der Waals surface area contributed by atoms with Gasteiger partial charge in [-0.15, -0.1) is 0 Å². The zero-order valence-electron chi connectivity index (χ0n) is 31.8. The Bertz CT molecular complexity index is 3270. The van der Waals surface area contributed by atoms with E-state index in [4.69, 9.17) is 0 Å². The summed E-state index contributed by atoms with van der Waals surface area (Å²) in [5.74, 6) is 0. The molecule has 0 N–H and O–H groups in total. The Kier molecular flexibility index (Phi) is 8.19. The fourth-order valence-corrected chi connectivity index (χ4v) is 8.80. The lowest BCUT2D eigenvalue weighted by Crippen LogP contribution is -2.10. The molecule has 1 aromatic heterocycles. The summed E-state index contributed by atoms with van der Waals surface area (Å²) in [7, 11) is 0. The van der Waals surface area contributed by atoms with Gasteiger partial charge in [-0.25, -0.2) is 0 Å². The van der Waals surface area contributed by atoms with Gasteiger partial charge in [-0.1, -0.05) is 170 Å². The monoisotopic (exact) mass is 738 g/mol. The number of aromatic nitrogens is 1. The highest BCUT2D eigenvalue weighted by molar-refractivity contribution is 6.15. The molecule has 58 heavy (non-hydrogen) atoms. The number of benzene rings is 10. The molecule has 10 aromatic carbocycles. The molecule has 0 amide bonds. The van der Waals surface area contributed by atoms with Crippen molar-refractivity contribution in [1.29, 1.82) is 0 Å². The average Bonchev–Trinajstić information content (AvgIpc) is 3.64. The molecule has 0 bridgehead atoms. The maximum atomic E-state index is 2.42. The van der Waals surface area contributed by atoms with E-state index >= 15 is 0 Å². The second kappa shape index (κ2) is 14.1. The summed E-state index contributed by atoms with van der Waals surface area (Å²) in [6.07, 6.45) is 0. The lowest BCUT2D eigenvalue weighted by molar-refractivity contribution is 1.18. The first-order chi connectivity index (χ1) is 28.8. The van der Waals surface area contributed by atoms with E-state index in [9.17, 15) is 0 Å². The molecule has 0 fully saturated rings. The molecule has 272 valence electrons. The van der Waals surface area contributed by atoms with Gasteiger partial charge in [0.2, 0.25) is 0 Å². The zero-order valence-corrected chi connectivity index (χ0v) is 31.8. The van der Waals surface area contributed by atoms with Crippen LogP contribution in [0.1, 0.15) is 0 Å². The first-order valence-corrected chi connectivity index (χ1v) is 19.9. The molecule has 1 heterocycles. The van der Waals surface area contributed by atoms with Gasteiger partial charge in [-0.05, 0) is 110 Å². The number of nitrogens with zero attached hydrogens (tertiary/aromatic N) is 2. The number of rotatable bonds is 7. The molecular formula is C56H38N2. The van der Waals surface area contributed by atoms with Crippen LogP contribution in [0.15, 0.2) is 231 Å². The molecule has 11 rings (SSSR count). The first-order valence-electron chi connectivity index (χ1n) is 19.9. The van der Waals surface area contributed by atoms with Gasteiger partial charge in [-0.3, -0.25) is 0 Å². The van der Waals surface area contributed by atoms with Crippen molar-refractivity contribution in [2.24, 2.45) is 0 Å². The normalized spacial score (nSPS) is 11.4. The highest BCUT2D eigenvalue weighted by atomic mass is 15.1. The summed E-state index contributed by atoms with van der Waals surface area (Å²) >= 11 is 0. The van der Waals surface area contributed by atoms with E-state index in [1.807, 2.05) is 0 Å². The van der Waals surface area contributed by atoms with Crippen LogP contribution in [0, 0.1) is 0 Å². The van der Waals surface area contributed by atoms with Crippen LogP contribution in [-0.4, -0.2) is 4.57 Å². The second-order valence-corrected chi connectivity index (χ2v) is 15.0. The molecule has 0 saturated heterocycles. The Labute approximate surface area is 338 Å². The fraction of sp³-hybridized carbons (Fsp3) is 0. The standard InChI is InChI=1S/C56H38N2/c1-3-14-39(15-4-1)41-30-33-47(34-31-41)57(55-27-13-19-43-29-28-42-18-7-8-24-50(42)56(43)55)48-22-11-20-44(36-48)45-21-12-23-49(37-45)58-53-26-10-9-25-51(53)52-38-46(32-35-54(52)58)40-16-5-2-6-17-40/h1-38H. The molecule has 11 aromatic rings. The summed E-state index contributed by atoms with van der Waals surface area (Å²) in [4.78, 5) is 2.42. The first kappa shape index (κ1) is 33.6. The van der Waals surface area contributed by atoms with Crippen molar-refractivity contribution in [1.82, 2.24) is 4.57 Å². The second-order valence-electron chi connectivity index (χ2n) is 15.0. The van der Waals surface area contributed by atoms with E-state index in [1.165, 1.54) is 65.6 Å². The molecule has 0 aliphatic carbocycles. The van der Waals surface area contributed by atoms with Crippen molar-refractivity contribution in [3.8, 4) is 39.1 Å². The van der Waals surface area contributed by atoms with Crippen LogP contribution in [0.2, 0.25) is 0 Å². The minimum atomic E-state index is 1.10. The predicted octanol–water partition coefficient (Wildman–Crippen LogP) is 15.6. The fourth-order valence-electron chi connectivity index (χ4n) is 8.80. The van der Waals surface area contributed by atoms with Crippen molar-refractivity contribution in [2.45, 2.75) is 0 Å². The number of para-hydroxylation sites is 1. The minimum absolute atomic E-state index is 1.10. The molecule has 0 saturated carbocycles. The highest BCUT2D eigenvalue weighted by Crippen LogP contribution is 2.43. The van der Waals surface area contributed by atoms with E-state index in [-0.39, 0.29) is 0 Å². The molecule has 0 atom stereocenters. The third-order valence-corrected chi connectivity index (χ3v) is 11.5. The molecule has 0 radical (unpaired) electrons. The SMILES string of the molecule is c1ccc(-c2ccc(N(c3cccc(-c4cccc(-n5c6ccccc6c6cc(-c7ccccc7)ccc65)c4)c3)c3cccc4ccc5ccccc5c34)cc2)cc1. The summed E-state index contributed by atoms with van der Waals surface area (Å²) in [6, 6.07) is 83.7. The van der Waals surface area contributed by atoms with E-state index in [1.54, 1.807) is 0 Å². The number of hydrogen-bond acceptors (Lipinski definition) is 1. The molecule has 2 nitrogen and oxygen atoms in total. The molecule has 0 aliphatic heterocycles. The third kappa shape index (κ3) is 5.82. The van der Waals surface area contributed by atoms with Gasteiger partial charge in [0.05, 0.1) is 16.7 Å². The summed E-state index contributed by atoms with van der Waals surface area (Å²) in [5, 5.41) is 7.43. The van der Waals surface area contributed by atoms with Crippen LogP contribution in [0.25, 0.3) is 82.4 Å². The van der Waals surface area contributed by atoms with Crippen molar-refractivity contribution < 1.29 is 0 Å². The molecular weight excluding hydrogens is 701 g/mol. The van der Waals surface area contributed by atoms with Crippen LogP contribution in [-0.2, 0) is 0 Å². The maximum absolute atomic E-state index is 2.42. The molecule has 0 spiro atoms. The van der Waals surface area contributed by atoms with E-state index in [0.29, 0.717) is 0 Å². The number of anilines is 3. The Hall–Kier alpha value is -7.68.